The summed E-state index contributed by atoms with van der Waals surface area (Å²) in [7, 11) is 0. The van der Waals surface area contributed by atoms with E-state index in [9.17, 15) is 9.59 Å². The highest BCUT2D eigenvalue weighted by Crippen LogP contribution is 2.29. The molecule has 6 heteroatoms. The monoisotopic (exact) mass is 365 g/mol. The van der Waals surface area contributed by atoms with Crippen LogP contribution in [0.2, 0.25) is 0 Å². The van der Waals surface area contributed by atoms with Crippen molar-refractivity contribution in [3.05, 3.63) is 39.7 Å². The Hall–Kier alpha value is -1.85. The third kappa shape index (κ3) is 4.41. The second-order valence-electron chi connectivity index (χ2n) is 6.37. The number of halogens is 1. The maximum atomic E-state index is 12.1. The number of nitrogens with zero attached hydrogens (tertiary/aromatic N) is 1. The summed E-state index contributed by atoms with van der Waals surface area (Å²) in [4.78, 5) is 26.2. The van der Waals surface area contributed by atoms with Crippen LogP contribution in [0.15, 0.2) is 27.4 Å². The molecular weight excluding hydrogens is 342 g/mol. The fourth-order valence-corrected chi connectivity index (χ4v) is 3.29. The van der Waals surface area contributed by atoms with Crippen molar-refractivity contribution in [1.82, 2.24) is 4.90 Å². The molecule has 0 atom stereocenters. The third-order valence-corrected chi connectivity index (χ3v) is 4.55. The Morgan fingerprint density at radius 2 is 1.96 bits per heavy atom. The number of hydrogen-bond acceptors (Lipinski definition) is 5. The largest absolute Gasteiger partial charge is 0.491 e. The van der Waals surface area contributed by atoms with Crippen LogP contribution in [0.1, 0.15) is 42.1 Å². The Kier molecular flexibility index (Phi) is 6.62. The maximum Gasteiger partial charge on any atom is 0.336 e. The lowest BCUT2D eigenvalue weighted by Gasteiger charge is -2.26. The summed E-state index contributed by atoms with van der Waals surface area (Å²) in [5.41, 5.74) is 1.02. The lowest BCUT2D eigenvalue weighted by molar-refractivity contribution is 0.101. The molecule has 0 unspecified atom stereocenters. The Bertz CT molecular complexity index is 809. The molecule has 0 radical (unpaired) electrons. The van der Waals surface area contributed by atoms with Crippen LogP contribution < -0.4 is 10.4 Å². The van der Waals surface area contributed by atoms with Gasteiger partial charge in [0.15, 0.2) is 11.4 Å². The second-order valence-corrected chi connectivity index (χ2v) is 6.37. The lowest BCUT2D eigenvalue weighted by Crippen LogP contribution is -2.33. The molecule has 5 nitrogen and oxygen atoms in total. The number of ketones is 1. The molecule has 25 heavy (non-hydrogen) atoms. The molecule has 0 amide bonds. The first-order valence-electron chi connectivity index (χ1n) is 8.50. The minimum atomic E-state index is -0.451. The van der Waals surface area contributed by atoms with Crippen LogP contribution in [-0.2, 0) is 0 Å². The van der Waals surface area contributed by atoms with Crippen molar-refractivity contribution >= 4 is 29.2 Å². The van der Waals surface area contributed by atoms with E-state index in [4.69, 9.17) is 9.15 Å². The number of aryl methyl sites for hydroxylation is 1. The van der Waals surface area contributed by atoms with Crippen LogP contribution >= 0.6 is 12.4 Å². The zero-order valence-electron chi connectivity index (χ0n) is 14.7. The van der Waals surface area contributed by atoms with Crippen LogP contribution in [0.4, 0.5) is 0 Å². The molecular formula is C19H24ClNO4. The summed E-state index contributed by atoms with van der Waals surface area (Å²) >= 11 is 0. The van der Waals surface area contributed by atoms with Gasteiger partial charge in [0.2, 0.25) is 0 Å². The summed E-state index contributed by atoms with van der Waals surface area (Å²) in [6, 6.07) is 5.07. The smallest absolute Gasteiger partial charge is 0.336 e. The van der Waals surface area contributed by atoms with Gasteiger partial charge in [-0.15, -0.1) is 12.4 Å². The molecule has 1 aromatic heterocycles. The van der Waals surface area contributed by atoms with Gasteiger partial charge < -0.3 is 9.15 Å². The maximum absolute atomic E-state index is 12.1. The highest BCUT2D eigenvalue weighted by atomic mass is 35.5. The molecule has 1 aromatic carbocycles. The highest BCUT2D eigenvalue weighted by Gasteiger charge is 2.18. The number of fused-ring (bicyclic) bond motifs is 1. The number of likely N-dealkylation sites (tertiary alicyclic amines) is 1. The number of ether oxygens (including phenoxy) is 1. The first-order chi connectivity index (χ1) is 11.6. The van der Waals surface area contributed by atoms with Crippen molar-refractivity contribution < 1.29 is 13.9 Å². The highest BCUT2D eigenvalue weighted by molar-refractivity contribution is 6.07. The van der Waals surface area contributed by atoms with E-state index >= 15 is 0 Å². The van der Waals surface area contributed by atoms with Gasteiger partial charge in [-0.1, -0.05) is 6.42 Å². The number of carbonyl (C=O) groups excluding carboxylic acids is 1. The van der Waals surface area contributed by atoms with Crippen LogP contribution in [0, 0.1) is 6.92 Å². The third-order valence-electron chi connectivity index (χ3n) is 4.55. The van der Waals surface area contributed by atoms with Crippen LogP contribution in [0.5, 0.6) is 5.75 Å². The van der Waals surface area contributed by atoms with Gasteiger partial charge in [0, 0.05) is 18.0 Å². The number of benzene rings is 1. The second kappa shape index (κ2) is 8.50. The number of carbonyl (C=O) groups is 1. The minimum Gasteiger partial charge on any atom is -0.491 e. The average molecular weight is 366 g/mol. The molecule has 1 aliphatic heterocycles. The van der Waals surface area contributed by atoms with E-state index in [-0.39, 0.29) is 18.2 Å². The Morgan fingerprint density at radius 3 is 2.64 bits per heavy atom. The predicted octanol–water partition coefficient (Wildman–Crippen LogP) is 3.59. The van der Waals surface area contributed by atoms with Crippen molar-refractivity contribution in [2.45, 2.75) is 33.1 Å². The fraction of sp³-hybridized carbons (Fsp3) is 0.474. The van der Waals surface area contributed by atoms with Gasteiger partial charge in [0.1, 0.15) is 17.9 Å². The van der Waals surface area contributed by atoms with Crippen LogP contribution in [-0.4, -0.2) is 36.9 Å². The van der Waals surface area contributed by atoms with Crippen molar-refractivity contribution in [2.24, 2.45) is 0 Å². The van der Waals surface area contributed by atoms with Gasteiger partial charge in [-0.05, 0) is 57.5 Å². The summed E-state index contributed by atoms with van der Waals surface area (Å²) < 4.78 is 11.2. The summed E-state index contributed by atoms with van der Waals surface area (Å²) in [5.74, 6) is 0.322. The number of hydrogen-bond donors (Lipinski definition) is 0. The SMILES string of the molecule is CC(=O)c1c(OCCN2CCCCC2)ccc2c(C)cc(=O)oc12.Cl. The Labute approximate surface area is 153 Å². The standard InChI is InChI=1S/C19H23NO4.ClH/c1-13-12-17(22)24-19-15(13)6-7-16(18(19)14(2)21)23-11-10-20-8-4-3-5-9-20;/h6-7,12H,3-5,8-11H2,1-2H3;1H. The fourth-order valence-electron chi connectivity index (χ4n) is 3.29. The molecule has 136 valence electrons. The van der Waals surface area contributed by atoms with Gasteiger partial charge >= 0.3 is 5.63 Å². The zero-order valence-corrected chi connectivity index (χ0v) is 15.5. The van der Waals surface area contributed by atoms with E-state index in [2.05, 4.69) is 4.90 Å². The zero-order chi connectivity index (χ0) is 17.1. The molecule has 0 spiro atoms. The van der Waals surface area contributed by atoms with Crippen molar-refractivity contribution in [3.8, 4) is 5.75 Å². The minimum absolute atomic E-state index is 0. The molecule has 0 bridgehead atoms. The molecule has 0 aliphatic carbocycles. The molecule has 2 heterocycles. The van der Waals surface area contributed by atoms with Crippen LogP contribution in [0.25, 0.3) is 11.0 Å². The first kappa shape index (κ1) is 19.5. The Balaban J connectivity index is 0.00000225. The van der Waals surface area contributed by atoms with E-state index in [0.29, 0.717) is 23.5 Å². The summed E-state index contributed by atoms with van der Waals surface area (Å²) in [6.45, 7) is 6.87. The molecule has 0 saturated carbocycles. The van der Waals surface area contributed by atoms with Gasteiger partial charge in [0.05, 0.1) is 0 Å². The van der Waals surface area contributed by atoms with E-state index < -0.39 is 5.63 Å². The van der Waals surface area contributed by atoms with E-state index in [1.807, 2.05) is 13.0 Å². The molecule has 1 aliphatic rings. The molecule has 1 fully saturated rings. The number of piperidine rings is 1. The van der Waals surface area contributed by atoms with Gasteiger partial charge in [-0.3, -0.25) is 9.69 Å². The van der Waals surface area contributed by atoms with Crippen molar-refractivity contribution in [2.75, 3.05) is 26.2 Å². The van der Waals surface area contributed by atoms with Gasteiger partial charge in [0.25, 0.3) is 0 Å². The summed E-state index contributed by atoms with van der Waals surface area (Å²) in [6.07, 6.45) is 3.77. The topological polar surface area (TPSA) is 59.8 Å². The van der Waals surface area contributed by atoms with Gasteiger partial charge in [-0.25, -0.2) is 4.79 Å². The quantitative estimate of drug-likeness (QED) is 0.598. The van der Waals surface area contributed by atoms with Crippen molar-refractivity contribution in [1.29, 1.82) is 0 Å². The lowest BCUT2D eigenvalue weighted by atomic mass is 10.0. The molecule has 2 aromatic rings. The first-order valence-corrected chi connectivity index (χ1v) is 8.50. The average Bonchev–Trinajstić information content (AvgIpc) is 2.55. The molecule has 0 N–H and O–H groups in total. The summed E-state index contributed by atoms with van der Waals surface area (Å²) in [5, 5.41) is 0.767. The van der Waals surface area contributed by atoms with Crippen molar-refractivity contribution in [3.63, 3.8) is 0 Å². The van der Waals surface area contributed by atoms with Crippen LogP contribution in [0.3, 0.4) is 0 Å². The predicted molar refractivity (Wildman–Crippen MR) is 100 cm³/mol. The van der Waals surface area contributed by atoms with E-state index in [1.54, 1.807) is 6.07 Å². The molecule has 3 rings (SSSR count). The number of Topliss-reactive ketones (excluding diaryl/α,β-unsaturated/α-hetero) is 1. The number of rotatable bonds is 5. The normalized spacial score (nSPS) is 15.0. The van der Waals surface area contributed by atoms with E-state index in [1.165, 1.54) is 32.3 Å². The van der Waals surface area contributed by atoms with E-state index in [0.717, 1.165) is 30.6 Å². The van der Waals surface area contributed by atoms with Gasteiger partial charge in [-0.2, -0.15) is 0 Å². The Morgan fingerprint density at radius 1 is 1.24 bits per heavy atom. The molecule has 1 saturated heterocycles.